The number of aromatic nitrogens is 2. The minimum absolute atomic E-state index is 0.0620. The lowest BCUT2D eigenvalue weighted by Crippen LogP contribution is -2.41. The molecule has 0 unspecified atom stereocenters. The number of nitrogens with one attached hydrogen (secondary N) is 1. The molecule has 0 saturated carbocycles. The SMILES string of the molecule is CCOc1ccccc1NC(=O)N1CCC(Cc2ncc(C)n2CCOC)CC1. The van der Waals surface area contributed by atoms with Gasteiger partial charge in [-0.05, 0) is 44.7 Å². The lowest BCUT2D eigenvalue weighted by atomic mass is 9.93. The molecule has 2 amide bonds. The van der Waals surface area contributed by atoms with Crippen molar-refractivity contribution in [3.05, 3.63) is 42.0 Å². The summed E-state index contributed by atoms with van der Waals surface area (Å²) in [6.45, 7) is 7.61. The van der Waals surface area contributed by atoms with Crippen LogP contribution in [0, 0.1) is 12.8 Å². The normalized spacial score (nSPS) is 14.8. The number of carbonyl (C=O) groups excluding carboxylic acids is 1. The van der Waals surface area contributed by atoms with Gasteiger partial charge in [0.05, 0.1) is 18.9 Å². The summed E-state index contributed by atoms with van der Waals surface area (Å²) in [7, 11) is 1.72. The molecule has 0 aliphatic carbocycles. The van der Waals surface area contributed by atoms with Gasteiger partial charge in [0.1, 0.15) is 11.6 Å². The number of hydrogen-bond acceptors (Lipinski definition) is 4. The van der Waals surface area contributed by atoms with Crippen molar-refractivity contribution in [1.29, 1.82) is 0 Å². The maximum Gasteiger partial charge on any atom is 0.321 e. The number of aryl methyl sites for hydroxylation is 1. The second-order valence-corrected chi connectivity index (χ2v) is 7.45. The van der Waals surface area contributed by atoms with Crippen LogP contribution in [0.5, 0.6) is 5.75 Å². The third-order valence-electron chi connectivity index (χ3n) is 5.46. The predicted octanol–water partition coefficient (Wildman–Crippen LogP) is 3.72. The standard InChI is InChI=1S/C22H32N4O3/c1-4-29-20-8-6-5-7-19(20)24-22(27)25-11-9-18(10-12-25)15-21-23-16-17(2)26(21)13-14-28-3/h5-8,16,18H,4,9-15H2,1-3H3,(H,24,27). The van der Waals surface area contributed by atoms with Crippen molar-refractivity contribution in [2.24, 2.45) is 5.92 Å². The number of amides is 2. The summed E-state index contributed by atoms with van der Waals surface area (Å²) >= 11 is 0. The molecule has 2 aromatic rings. The van der Waals surface area contributed by atoms with Crippen molar-refractivity contribution in [2.45, 2.75) is 39.7 Å². The Hall–Kier alpha value is -2.54. The molecule has 0 atom stereocenters. The highest BCUT2D eigenvalue weighted by molar-refractivity contribution is 5.91. The highest BCUT2D eigenvalue weighted by Crippen LogP contribution is 2.26. The minimum atomic E-state index is -0.0620. The average Bonchev–Trinajstić information content (AvgIpc) is 3.07. The Labute approximate surface area is 173 Å². The number of piperidine rings is 1. The van der Waals surface area contributed by atoms with E-state index in [-0.39, 0.29) is 6.03 Å². The van der Waals surface area contributed by atoms with Gasteiger partial charge >= 0.3 is 6.03 Å². The number of urea groups is 1. The van der Waals surface area contributed by atoms with E-state index in [2.05, 4.69) is 21.8 Å². The first kappa shape index (κ1) is 21.2. The van der Waals surface area contributed by atoms with E-state index >= 15 is 0 Å². The number of likely N-dealkylation sites (tertiary alicyclic amines) is 1. The van der Waals surface area contributed by atoms with E-state index in [9.17, 15) is 4.79 Å². The van der Waals surface area contributed by atoms with Gasteiger partial charge in [-0.1, -0.05) is 12.1 Å². The third kappa shape index (κ3) is 5.50. The molecule has 2 heterocycles. The van der Waals surface area contributed by atoms with Gasteiger partial charge in [-0.3, -0.25) is 0 Å². The summed E-state index contributed by atoms with van der Waals surface area (Å²) in [5.41, 5.74) is 1.89. The van der Waals surface area contributed by atoms with Gasteiger partial charge in [-0.15, -0.1) is 0 Å². The molecule has 29 heavy (non-hydrogen) atoms. The fourth-order valence-electron chi connectivity index (χ4n) is 3.81. The first-order valence-electron chi connectivity index (χ1n) is 10.4. The number of rotatable bonds is 8. The summed E-state index contributed by atoms with van der Waals surface area (Å²) in [5, 5.41) is 3.00. The first-order valence-corrected chi connectivity index (χ1v) is 10.4. The lowest BCUT2D eigenvalue weighted by Gasteiger charge is -2.32. The summed E-state index contributed by atoms with van der Waals surface area (Å²) in [6, 6.07) is 7.49. The van der Waals surface area contributed by atoms with Crippen molar-refractivity contribution in [1.82, 2.24) is 14.5 Å². The molecule has 0 bridgehead atoms. The molecule has 158 valence electrons. The number of hydrogen-bond donors (Lipinski definition) is 1. The van der Waals surface area contributed by atoms with Crippen molar-refractivity contribution < 1.29 is 14.3 Å². The Morgan fingerprint density at radius 3 is 2.76 bits per heavy atom. The van der Waals surface area contributed by atoms with Gasteiger partial charge < -0.3 is 24.3 Å². The van der Waals surface area contributed by atoms with E-state index in [1.54, 1.807) is 7.11 Å². The maximum absolute atomic E-state index is 12.7. The highest BCUT2D eigenvalue weighted by Gasteiger charge is 2.25. The van der Waals surface area contributed by atoms with Crippen LogP contribution >= 0.6 is 0 Å². The van der Waals surface area contributed by atoms with Crippen LogP contribution in [-0.2, 0) is 17.7 Å². The Morgan fingerprint density at radius 2 is 2.03 bits per heavy atom. The van der Waals surface area contributed by atoms with E-state index < -0.39 is 0 Å². The van der Waals surface area contributed by atoms with Crippen LogP contribution in [0.1, 0.15) is 31.3 Å². The Bertz CT molecular complexity index is 797. The first-order chi connectivity index (χ1) is 14.1. The third-order valence-corrected chi connectivity index (χ3v) is 5.46. The molecule has 1 aliphatic rings. The van der Waals surface area contributed by atoms with E-state index in [0.29, 0.717) is 24.9 Å². The number of benzene rings is 1. The van der Waals surface area contributed by atoms with Crippen LogP contribution in [0.4, 0.5) is 10.5 Å². The number of imidazole rings is 1. The molecule has 1 N–H and O–H groups in total. The van der Waals surface area contributed by atoms with E-state index in [0.717, 1.165) is 50.4 Å². The van der Waals surface area contributed by atoms with Crippen LogP contribution < -0.4 is 10.1 Å². The summed E-state index contributed by atoms with van der Waals surface area (Å²) in [4.78, 5) is 19.2. The predicted molar refractivity (Wildman–Crippen MR) is 113 cm³/mol. The van der Waals surface area contributed by atoms with Gasteiger partial charge in [0.25, 0.3) is 0 Å². The molecule has 7 heteroatoms. The molecule has 1 saturated heterocycles. The zero-order valence-electron chi connectivity index (χ0n) is 17.7. The number of carbonyl (C=O) groups is 1. The topological polar surface area (TPSA) is 68.6 Å². The number of anilines is 1. The zero-order chi connectivity index (χ0) is 20.6. The van der Waals surface area contributed by atoms with E-state index in [1.165, 1.54) is 5.69 Å². The summed E-state index contributed by atoms with van der Waals surface area (Å²) < 4.78 is 13.1. The maximum atomic E-state index is 12.7. The largest absolute Gasteiger partial charge is 0.492 e. The molecule has 7 nitrogen and oxygen atoms in total. The molecular formula is C22H32N4O3. The zero-order valence-corrected chi connectivity index (χ0v) is 17.7. The highest BCUT2D eigenvalue weighted by atomic mass is 16.5. The Morgan fingerprint density at radius 1 is 1.28 bits per heavy atom. The van der Waals surface area contributed by atoms with E-state index in [4.69, 9.17) is 9.47 Å². The summed E-state index contributed by atoms with van der Waals surface area (Å²) in [6.07, 6.45) is 4.84. The van der Waals surface area contributed by atoms with Crippen LogP contribution in [0.3, 0.4) is 0 Å². The number of para-hydroxylation sites is 2. The quantitative estimate of drug-likeness (QED) is 0.733. The number of nitrogens with zero attached hydrogens (tertiary/aromatic N) is 3. The molecule has 3 rings (SSSR count). The van der Waals surface area contributed by atoms with Crippen LogP contribution in [0.2, 0.25) is 0 Å². The van der Waals surface area contributed by atoms with Crippen LogP contribution in [0.15, 0.2) is 30.5 Å². The second-order valence-electron chi connectivity index (χ2n) is 7.45. The molecule has 1 aromatic carbocycles. The molecular weight excluding hydrogens is 368 g/mol. The molecule has 0 spiro atoms. The molecule has 0 radical (unpaired) electrons. The fraction of sp³-hybridized carbons (Fsp3) is 0.545. The van der Waals surface area contributed by atoms with Gasteiger partial charge in [0.15, 0.2) is 0 Å². The lowest BCUT2D eigenvalue weighted by molar-refractivity contribution is 0.177. The number of ether oxygens (including phenoxy) is 2. The molecule has 1 aliphatic heterocycles. The fourth-order valence-corrected chi connectivity index (χ4v) is 3.81. The van der Waals surface area contributed by atoms with Crippen molar-refractivity contribution in [3.63, 3.8) is 0 Å². The van der Waals surface area contributed by atoms with Gasteiger partial charge in [-0.2, -0.15) is 0 Å². The average molecular weight is 401 g/mol. The molecule has 1 aromatic heterocycles. The molecule has 1 fully saturated rings. The van der Waals surface area contributed by atoms with Crippen LogP contribution in [-0.4, -0.2) is 53.9 Å². The van der Waals surface area contributed by atoms with Crippen LogP contribution in [0.25, 0.3) is 0 Å². The van der Waals surface area contributed by atoms with Crippen molar-refractivity contribution in [2.75, 3.05) is 38.7 Å². The minimum Gasteiger partial charge on any atom is -0.492 e. The second kappa shape index (κ2) is 10.3. The number of methoxy groups -OCH3 is 1. The van der Waals surface area contributed by atoms with Gasteiger partial charge in [0, 0.05) is 45.1 Å². The van der Waals surface area contributed by atoms with Crippen molar-refractivity contribution in [3.8, 4) is 5.75 Å². The summed E-state index contributed by atoms with van der Waals surface area (Å²) in [5.74, 6) is 2.36. The van der Waals surface area contributed by atoms with Gasteiger partial charge in [-0.25, -0.2) is 9.78 Å². The smallest absolute Gasteiger partial charge is 0.321 e. The Kier molecular flexibility index (Phi) is 7.52. The van der Waals surface area contributed by atoms with Gasteiger partial charge in [0.2, 0.25) is 0 Å². The Balaban J connectivity index is 1.52. The van der Waals surface area contributed by atoms with E-state index in [1.807, 2.05) is 42.3 Å². The van der Waals surface area contributed by atoms with Crippen molar-refractivity contribution >= 4 is 11.7 Å². The monoisotopic (exact) mass is 400 g/mol.